The standard InChI is InChI=1S/C15H15F11O4/c1-4-9(29-8(27)7(3)11(16,17)18)6-10(5-2,14(21,22)23)30-13(28,12(9,19)20)15(24,25)26/h28H,3-6H2,1-2H3. The summed E-state index contributed by atoms with van der Waals surface area (Å²) in [6, 6.07) is 0. The largest absolute Gasteiger partial charge is 0.449 e. The first kappa shape index (κ1) is 26.4. The Morgan fingerprint density at radius 2 is 1.47 bits per heavy atom. The number of rotatable bonds is 4. The molecule has 1 N–H and O–H groups in total. The minimum atomic E-state index is -6.57. The molecular formula is C15H15F11O4. The number of ether oxygens (including phenoxy) is 2. The summed E-state index contributed by atoms with van der Waals surface area (Å²) in [4.78, 5) is 11.7. The van der Waals surface area contributed by atoms with Crippen LogP contribution in [0.4, 0.5) is 48.3 Å². The third-order valence-electron chi connectivity index (χ3n) is 4.83. The average Bonchev–Trinajstić information content (AvgIpc) is 2.55. The van der Waals surface area contributed by atoms with E-state index in [1.165, 1.54) is 0 Å². The fraction of sp³-hybridized carbons (Fsp3) is 0.800. The van der Waals surface area contributed by atoms with Crippen molar-refractivity contribution < 1.29 is 67.7 Å². The van der Waals surface area contributed by atoms with Gasteiger partial charge >= 0.3 is 36.2 Å². The summed E-state index contributed by atoms with van der Waals surface area (Å²) in [7, 11) is 0. The summed E-state index contributed by atoms with van der Waals surface area (Å²) in [5.74, 6) is -14.4. The zero-order valence-electron chi connectivity index (χ0n) is 15.2. The molecule has 4 nitrogen and oxygen atoms in total. The first-order chi connectivity index (χ1) is 13.1. The van der Waals surface area contributed by atoms with Gasteiger partial charge in [0.05, 0.1) is 0 Å². The summed E-state index contributed by atoms with van der Waals surface area (Å²) in [5.41, 5.74) is -10.8. The van der Waals surface area contributed by atoms with Gasteiger partial charge in [-0.05, 0) is 12.8 Å². The summed E-state index contributed by atoms with van der Waals surface area (Å²) >= 11 is 0. The molecule has 15 heteroatoms. The van der Waals surface area contributed by atoms with Crippen LogP contribution in [0.3, 0.4) is 0 Å². The van der Waals surface area contributed by atoms with E-state index in [1.54, 1.807) is 0 Å². The van der Waals surface area contributed by atoms with Crippen LogP contribution in [0.2, 0.25) is 0 Å². The van der Waals surface area contributed by atoms with Gasteiger partial charge in [-0.1, -0.05) is 20.4 Å². The van der Waals surface area contributed by atoms with E-state index in [-0.39, 0.29) is 0 Å². The summed E-state index contributed by atoms with van der Waals surface area (Å²) in [6.07, 6.45) is -23.2. The summed E-state index contributed by atoms with van der Waals surface area (Å²) < 4.78 is 155. The lowest BCUT2D eigenvalue weighted by Crippen LogP contribution is -2.79. The number of halogens is 11. The van der Waals surface area contributed by atoms with E-state index < -0.39 is 72.2 Å². The monoisotopic (exact) mass is 468 g/mol. The molecule has 30 heavy (non-hydrogen) atoms. The zero-order chi connectivity index (χ0) is 24.2. The Morgan fingerprint density at radius 3 is 1.77 bits per heavy atom. The van der Waals surface area contributed by atoms with Gasteiger partial charge in [0.25, 0.3) is 0 Å². The fourth-order valence-corrected chi connectivity index (χ4v) is 2.93. The minimum absolute atomic E-state index is 0.538. The second-order valence-electron chi connectivity index (χ2n) is 6.55. The highest BCUT2D eigenvalue weighted by Crippen LogP contribution is 2.62. The van der Waals surface area contributed by atoms with Crippen LogP contribution in [0.15, 0.2) is 12.2 Å². The molecule has 0 saturated carbocycles. The van der Waals surface area contributed by atoms with Gasteiger partial charge in [-0.3, -0.25) is 0 Å². The highest BCUT2D eigenvalue weighted by molar-refractivity contribution is 5.89. The molecule has 3 atom stereocenters. The topological polar surface area (TPSA) is 55.8 Å². The number of alkyl halides is 11. The van der Waals surface area contributed by atoms with Gasteiger partial charge in [0.2, 0.25) is 0 Å². The molecule has 1 aliphatic heterocycles. The molecule has 0 aliphatic carbocycles. The average molecular weight is 468 g/mol. The molecule has 1 rings (SSSR count). The quantitative estimate of drug-likeness (QED) is 0.366. The smallest absolute Gasteiger partial charge is 0.449 e. The van der Waals surface area contributed by atoms with E-state index in [4.69, 9.17) is 0 Å². The van der Waals surface area contributed by atoms with E-state index in [2.05, 4.69) is 16.1 Å². The van der Waals surface area contributed by atoms with Gasteiger partial charge in [0, 0.05) is 6.42 Å². The van der Waals surface area contributed by atoms with Gasteiger partial charge in [0.1, 0.15) is 5.57 Å². The molecular weight excluding hydrogens is 453 g/mol. The van der Waals surface area contributed by atoms with Crippen molar-refractivity contribution in [1.82, 2.24) is 0 Å². The predicted molar refractivity (Wildman–Crippen MR) is 75.0 cm³/mol. The SMILES string of the molecule is C=C(C(=O)OC1(CC)CC(CC)(C(F)(F)F)OC(O)(C(F)(F)F)C1(F)F)C(F)(F)F. The van der Waals surface area contributed by atoms with Crippen LogP contribution in [-0.2, 0) is 14.3 Å². The molecule has 3 unspecified atom stereocenters. The van der Waals surface area contributed by atoms with E-state index in [1.807, 2.05) is 0 Å². The van der Waals surface area contributed by atoms with Crippen LogP contribution < -0.4 is 0 Å². The molecule has 1 aliphatic rings. The van der Waals surface area contributed by atoms with Crippen molar-refractivity contribution in [3.8, 4) is 0 Å². The highest BCUT2D eigenvalue weighted by atomic mass is 19.4. The van der Waals surface area contributed by atoms with E-state index in [0.717, 1.165) is 0 Å². The second-order valence-corrected chi connectivity index (χ2v) is 6.55. The van der Waals surface area contributed by atoms with Crippen LogP contribution in [0.1, 0.15) is 33.1 Å². The van der Waals surface area contributed by atoms with Gasteiger partial charge in [-0.25, -0.2) is 4.79 Å². The van der Waals surface area contributed by atoms with Crippen molar-refractivity contribution in [2.75, 3.05) is 0 Å². The maximum absolute atomic E-state index is 14.8. The van der Waals surface area contributed by atoms with Crippen molar-refractivity contribution in [1.29, 1.82) is 0 Å². The molecule has 0 amide bonds. The predicted octanol–water partition coefficient (Wildman–Crippen LogP) is 4.81. The Hall–Kier alpha value is -1.64. The van der Waals surface area contributed by atoms with Crippen molar-refractivity contribution in [2.24, 2.45) is 0 Å². The van der Waals surface area contributed by atoms with Crippen LogP contribution in [0.25, 0.3) is 0 Å². The maximum atomic E-state index is 14.8. The molecule has 0 aromatic carbocycles. The molecule has 1 heterocycles. The Morgan fingerprint density at radius 1 is 1.00 bits per heavy atom. The maximum Gasteiger partial charge on any atom is 0.449 e. The molecule has 1 fully saturated rings. The van der Waals surface area contributed by atoms with Crippen molar-refractivity contribution >= 4 is 5.97 Å². The zero-order valence-corrected chi connectivity index (χ0v) is 15.2. The minimum Gasteiger partial charge on any atom is -0.449 e. The van der Waals surface area contributed by atoms with Crippen LogP contribution >= 0.6 is 0 Å². The van der Waals surface area contributed by atoms with Crippen molar-refractivity contribution in [2.45, 2.75) is 74.6 Å². The third-order valence-corrected chi connectivity index (χ3v) is 4.83. The Bertz CT molecular complexity index is 696. The van der Waals surface area contributed by atoms with Gasteiger partial charge in [0.15, 0.2) is 11.2 Å². The molecule has 0 bridgehead atoms. The molecule has 176 valence electrons. The van der Waals surface area contributed by atoms with E-state index in [0.29, 0.717) is 13.8 Å². The van der Waals surface area contributed by atoms with E-state index >= 15 is 0 Å². The van der Waals surface area contributed by atoms with Crippen LogP contribution in [0.5, 0.6) is 0 Å². The van der Waals surface area contributed by atoms with Gasteiger partial charge in [-0.15, -0.1) is 0 Å². The molecule has 0 spiro atoms. The lowest BCUT2D eigenvalue weighted by atomic mass is 9.72. The molecule has 0 aromatic heterocycles. The molecule has 0 aromatic rings. The number of hydrogen-bond donors (Lipinski definition) is 1. The normalized spacial score (nSPS) is 32.6. The van der Waals surface area contributed by atoms with Crippen LogP contribution in [0, 0.1) is 0 Å². The summed E-state index contributed by atoms with van der Waals surface area (Å²) in [6.45, 7) is 3.32. The fourth-order valence-electron chi connectivity index (χ4n) is 2.93. The van der Waals surface area contributed by atoms with Crippen molar-refractivity contribution in [3.05, 3.63) is 12.2 Å². The summed E-state index contributed by atoms with van der Waals surface area (Å²) in [5, 5.41) is 9.61. The Balaban J connectivity index is 3.80. The lowest BCUT2D eigenvalue weighted by Gasteiger charge is -2.56. The number of aliphatic hydroxyl groups is 1. The first-order valence-corrected chi connectivity index (χ1v) is 8.01. The van der Waals surface area contributed by atoms with E-state index in [9.17, 15) is 58.2 Å². The number of carbonyl (C=O) groups excluding carboxylic acids is 1. The van der Waals surface area contributed by atoms with Crippen molar-refractivity contribution in [3.63, 3.8) is 0 Å². The first-order valence-electron chi connectivity index (χ1n) is 8.01. The Labute approximate surface area is 161 Å². The van der Waals surface area contributed by atoms with Crippen LogP contribution in [-0.4, -0.2) is 52.5 Å². The Kier molecular flexibility index (Phi) is 6.34. The third kappa shape index (κ3) is 3.74. The number of esters is 1. The second kappa shape index (κ2) is 7.21. The highest BCUT2D eigenvalue weighted by Gasteiger charge is 2.86. The van der Waals surface area contributed by atoms with Gasteiger partial charge in [-0.2, -0.15) is 48.3 Å². The molecule has 1 saturated heterocycles. The number of carbonyl (C=O) groups is 1. The lowest BCUT2D eigenvalue weighted by molar-refractivity contribution is -0.518. The molecule has 0 radical (unpaired) electrons. The number of hydrogen-bond acceptors (Lipinski definition) is 4. The van der Waals surface area contributed by atoms with Gasteiger partial charge < -0.3 is 14.6 Å².